The standard InChI is InChI=1S/C24H26BrClN4/c1-17(29-23-15-24(28-16-27-23)30-11-2-3-12-30)22(19-5-4-6-20(25)14-19)13-18-7-9-21(26)10-8-18/h4-10,14-17,22H,2-3,11-13H2,1H3,(H,27,28,29)/t17-,22+/m0/s1. The third kappa shape index (κ3) is 5.32. The summed E-state index contributed by atoms with van der Waals surface area (Å²) in [6.45, 7) is 4.37. The normalized spacial score (nSPS) is 15.8. The van der Waals surface area contributed by atoms with E-state index in [4.69, 9.17) is 11.6 Å². The Bertz CT molecular complexity index is 973. The molecule has 0 spiro atoms. The topological polar surface area (TPSA) is 41.0 Å². The van der Waals surface area contributed by atoms with Gasteiger partial charge in [0, 0.05) is 40.6 Å². The lowest BCUT2D eigenvalue weighted by molar-refractivity contribution is 0.593. The molecule has 1 N–H and O–H groups in total. The average molecular weight is 486 g/mol. The molecule has 1 fully saturated rings. The molecule has 30 heavy (non-hydrogen) atoms. The third-order valence-corrected chi connectivity index (χ3v) is 6.45. The van der Waals surface area contributed by atoms with Gasteiger partial charge >= 0.3 is 0 Å². The fourth-order valence-corrected chi connectivity index (χ4v) is 4.62. The first-order valence-corrected chi connectivity index (χ1v) is 11.6. The summed E-state index contributed by atoms with van der Waals surface area (Å²) in [5.74, 6) is 2.15. The molecule has 3 aromatic rings. The summed E-state index contributed by atoms with van der Waals surface area (Å²) in [6.07, 6.45) is 5.03. The maximum absolute atomic E-state index is 6.09. The maximum atomic E-state index is 6.09. The van der Waals surface area contributed by atoms with E-state index in [1.54, 1.807) is 6.33 Å². The van der Waals surface area contributed by atoms with Crippen molar-refractivity contribution in [3.05, 3.63) is 81.5 Å². The van der Waals surface area contributed by atoms with Gasteiger partial charge in [0.05, 0.1) is 0 Å². The van der Waals surface area contributed by atoms with Gasteiger partial charge in [-0.2, -0.15) is 0 Å². The molecule has 0 amide bonds. The van der Waals surface area contributed by atoms with Crippen molar-refractivity contribution < 1.29 is 0 Å². The molecule has 2 atom stereocenters. The van der Waals surface area contributed by atoms with Gasteiger partial charge in [-0.25, -0.2) is 9.97 Å². The minimum Gasteiger partial charge on any atom is -0.367 e. The van der Waals surface area contributed by atoms with E-state index in [9.17, 15) is 0 Å². The Balaban J connectivity index is 1.56. The number of nitrogens with zero attached hydrogens (tertiary/aromatic N) is 3. The summed E-state index contributed by atoms with van der Waals surface area (Å²) < 4.78 is 1.09. The quantitative estimate of drug-likeness (QED) is 0.425. The van der Waals surface area contributed by atoms with Gasteiger partial charge < -0.3 is 10.2 Å². The Kier molecular flexibility index (Phi) is 6.90. The number of halogens is 2. The predicted molar refractivity (Wildman–Crippen MR) is 129 cm³/mol. The fourth-order valence-electron chi connectivity index (χ4n) is 4.07. The molecule has 0 saturated carbocycles. The molecule has 4 nitrogen and oxygen atoms in total. The van der Waals surface area contributed by atoms with Crippen LogP contribution < -0.4 is 10.2 Å². The van der Waals surface area contributed by atoms with Crippen molar-refractivity contribution in [3.63, 3.8) is 0 Å². The van der Waals surface area contributed by atoms with Gasteiger partial charge in [0.15, 0.2) is 0 Å². The first-order chi connectivity index (χ1) is 14.6. The van der Waals surface area contributed by atoms with Crippen LogP contribution in [0, 0.1) is 0 Å². The summed E-state index contributed by atoms with van der Waals surface area (Å²) in [7, 11) is 0. The van der Waals surface area contributed by atoms with Crippen LogP contribution in [0.5, 0.6) is 0 Å². The van der Waals surface area contributed by atoms with Gasteiger partial charge in [-0.15, -0.1) is 0 Å². The fraction of sp³-hybridized carbons (Fsp3) is 0.333. The summed E-state index contributed by atoms with van der Waals surface area (Å²) in [4.78, 5) is 11.3. The van der Waals surface area contributed by atoms with Crippen molar-refractivity contribution in [2.24, 2.45) is 0 Å². The van der Waals surface area contributed by atoms with E-state index in [0.717, 1.165) is 40.6 Å². The second-order valence-electron chi connectivity index (χ2n) is 7.88. The van der Waals surface area contributed by atoms with E-state index in [1.165, 1.54) is 24.0 Å². The van der Waals surface area contributed by atoms with E-state index >= 15 is 0 Å². The van der Waals surface area contributed by atoms with Crippen molar-refractivity contribution in [2.45, 2.75) is 38.1 Å². The van der Waals surface area contributed by atoms with E-state index in [0.29, 0.717) is 0 Å². The zero-order valence-electron chi connectivity index (χ0n) is 17.1. The molecule has 0 aliphatic carbocycles. The number of nitrogens with one attached hydrogen (secondary N) is 1. The number of benzene rings is 2. The summed E-state index contributed by atoms with van der Waals surface area (Å²) in [6, 6.07) is 18.9. The van der Waals surface area contributed by atoms with Crippen LogP contribution in [0.15, 0.2) is 65.4 Å². The van der Waals surface area contributed by atoms with Crippen molar-refractivity contribution >= 4 is 39.2 Å². The Labute approximate surface area is 191 Å². The maximum Gasteiger partial charge on any atom is 0.134 e. The average Bonchev–Trinajstić information content (AvgIpc) is 3.28. The predicted octanol–water partition coefficient (Wildman–Crippen LogP) is 6.32. The molecule has 1 aliphatic heterocycles. The minimum absolute atomic E-state index is 0.177. The SMILES string of the molecule is C[C@H](Nc1cc(N2CCCC2)ncn1)[C@@H](Cc1ccc(Cl)cc1)c1cccc(Br)c1. The van der Waals surface area contributed by atoms with E-state index in [-0.39, 0.29) is 12.0 Å². The minimum atomic E-state index is 0.177. The first-order valence-electron chi connectivity index (χ1n) is 10.4. The van der Waals surface area contributed by atoms with Crippen molar-refractivity contribution in [1.82, 2.24) is 9.97 Å². The van der Waals surface area contributed by atoms with Crippen LogP contribution in [0.3, 0.4) is 0 Å². The van der Waals surface area contributed by atoms with Crippen LogP contribution in [0.4, 0.5) is 11.6 Å². The second-order valence-corrected chi connectivity index (χ2v) is 9.23. The summed E-state index contributed by atoms with van der Waals surface area (Å²) >= 11 is 9.71. The van der Waals surface area contributed by atoms with Crippen LogP contribution >= 0.6 is 27.5 Å². The lowest BCUT2D eigenvalue weighted by Crippen LogP contribution is -2.27. The highest BCUT2D eigenvalue weighted by molar-refractivity contribution is 9.10. The summed E-state index contributed by atoms with van der Waals surface area (Å²) in [5, 5.41) is 4.40. The highest BCUT2D eigenvalue weighted by Gasteiger charge is 2.22. The molecule has 6 heteroatoms. The zero-order valence-corrected chi connectivity index (χ0v) is 19.4. The van der Waals surface area contributed by atoms with E-state index < -0.39 is 0 Å². The van der Waals surface area contributed by atoms with Crippen LogP contribution in [-0.2, 0) is 6.42 Å². The first kappa shape index (κ1) is 21.1. The largest absolute Gasteiger partial charge is 0.367 e. The molecule has 1 saturated heterocycles. The van der Waals surface area contributed by atoms with Crippen LogP contribution in [-0.4, -0.2) is 29.1 Å². The Hall–Kier alpha value is -2.11. The van der Waals surface area contributed by atoms with Gasteiger partial charge in [-0.1, -0.05) is 51.8 Å². The van der Waals surface area contributed by atoms with Gasteiger partial charge in [0.2, 0.25) is 0 Å². The molecule has 4 rings (SSSR count). The molecule has 0 bridgehead atoms. The molecule has 156 valence electrons. The lowest BCUT2D eigenvalue weighted by Gasteiger charge is -2.27. The highest BCUT2D eigenvalue weighted by atomic mass is 79.9. The summed E-state index contributed by atoms with van der Waals surface area (Å²) in [5.41, 5.74) is 2.55. The molecule has 2 aromatic carbocycles. The second kappa shape index (κ2) is 9.80. The molecule has 0 unspecified atom stereocenters. The van der Waals surface area contributed by atoms with Gasteiger partial charge in [-0.3, -0.25) is 0 Å². The van der Waals surface area contributed by atoms with E-state index in [2.05, 4.69) is 85.5 Å². The number of hydrogen-bond donors (Lipinski definition) is 1. The number of aromatic nitrogens is 2. The molecule has 0 radical (unpaired) electrons. The molecule has 1 aliphatic rings. The smallest absolute Gasteiger partial charge is 0.134 e. The number of anilines is 2. The monoisotopic (exact) mass is 484 g/mol. The third-order valence-electron chi connectivity index (χ3n) is 5.71. The number of hydrogen-bond acceptors (Lipinski definition) is 4. The number of rotatable bonds is 7. The van der Waals surface area contributed by atoms with Gasteiger partial charge in [0.25, 0.3) is 0 Å². The van der Waals surface area contributed by atoms with Crippen LogP contribution in [0.2, 0.25) is 5.02 Å². The van der Waals surface area contributed by atoms with Gasteiger partial charge in [0.1, 0.15) is 18.0 Å². The van der Waals surface area contributed by atoms with Crippen LogP contribution in [0.1, 0.15) is 36.8 Å². The van der Waals surface area contributed by atoms with Crippen LogP contribution in [0.25, 0.3) is 0 Å². The zero-order chi connectivity index (χ0) is 20.9. The molecule has 2 heterocycles. The van der Waals surface area contributed by atoms with Crippen molar-refractivity contribution in [3.8, 4) is 0 Å². The Morgan fingerprint density at radius 3 is 2.57 bits per heavy atom. The Morgan fingerprint density at radius 2 is 1.83 bits per heavy atom. The highest BCUT2D eigenvalue weighted by Crippen LogP contribution is 2.29. The van der Waals surface area contributed by atoms with Crippen molar-refractivity contribution in [1.29, 1.82) is 0 Å². The molecular formula is C24H26BrClN4. The van der Waals surface area contributed by atoms with Crippen molar-refractivity contribution in [2.75, 3.05) is 23.3 Å². The molecular weight excluding hydrogens is 460 g/mol. The molecule has 1 aromatic heterocycles. The van der Waals surface area contributed by atoms with E-state index in [1.807, 2.05) is 12.1 Å². The lowest BCUT2D eigenvalue weighted by atomic mass is 9.86. The van der Waals surface area contributed by atoms with Gasteiger partial charge in [-0.05, 0) is 61.6 Å². The Morgan fingerprint density at radius 1 is 1.07 bits per heavy atom.